The molecule has 1 aromatic rings. The first-order valence-electron chi connectivity index (χ1n) is 5.00. The van der Waals surface area contributed by atoms with Crippen LogP contribution in [0.5, 0.6) is 0 Å². The van der Waals surface area contributed by atoms with Crippen molar-refractivity contribution < 1.29 is 4.52 Å². The molecule has 1 atom stereocenters. The average Bonchev–Trinajstić information content (AvgIpc) is 2.68. The minimum absolute atomic E-state index is 0.414. The first kappa shape index (κ1) is 9.88. The van der Waals surface area contributed by atoms with Crippen molar-refractivity contribution in [3.63, 3.8) is 0 Å². The van der Waals surface area contributed by atoms with Gasteiger partial charge in [-0.1, -0.05) is 13.0 Å². The van der Waals surface area contributed by atoms with Gasteiger partial charge in [0.2, 0.25) is 0 Å². The van der Waals surface area contributed by atoms with Crippen LogP contribution in [0.2, 0.25) is 0 Å². The summed E-state index contributed by atoms with van der Waals surface area (Å²) < 4.78 is 8.02. The van der Waals surface area contributed by atoms with E-state index in [-0.39, 0.29) is 0 Å². The first-order valence-corrected chi connectivity index (χ1v) is 6.40. The predicted molar refractivity (Wildman–Crippen MR) is 59.6 cm³/mol. The van der Waals surface area contributed by atoms with E-state index in [4.69, 9.17) is 4.52 Å². The number of hydrogen-bond donors (Lipinski definition) is 0. The molecule has 76 valence electrons. The molecule has 0 amide bonds. The quantitative estimate of drug-likeness (QED) is 0.717. The molecule has 3 nitrogen and oxygen atoms in total. The normalized spacial score (nSPS) is 21.5. The molecule has 0 aliphatic carbocycles. The Labute approximate surface area is 86.0 Å². The highest BCUT2D eigenvalue weighted by Gasteiger charge is 2.25. The zero-order valence-electron chi connectivity index (χ0n) is 8.39. The fourth-order valence-corrected chi connectivity index (χ4v) is 3.36. The second-order valence-corrected chi connectivity index (χ2v) is 5.11. The van der Waals surface area contributed by atoms with Crippen molar-refractivity contribution in [3.05, 3.63) is 24.4 Å². The summed E-state index contributed by atoms with van der Waals surface area (Å²) in [5.74, 6) is 1.06. The Bertz CT molecular complexity index is 281. The number of rotatable bonds is 3. The number of aromatic nitrogens is 1. The lowest BCUT2D eigenvalue weighted by atomic mass is 10.4. The molecule has 1 saturated heterocycles. The molecule has 4 heteroatoms. The topological polar surface area (TPSA) is 25.4 Å². The van der Waals surface area contributed by atoms with Gasteiger partial charge < -0.3 is 9.19 Å². The Kier molecular flexibility index (Phi) is 3.33. The Morgan fingerprint density at radius 3 is 3.21 bits per heavy atom. The third-order valence-electron chi connectivity index (χ3n) is 2.14. The van der Waals surface area contributed by atoms with Gasteiger partial charge in [-0.05, 0) is 18.6 Å². The van der Waals surface area contributed by atoms with E-state index in [9.17, 15) is 0 Å². The van der Waals surface area contributed by atoms with E-state index in [1.165, 1.54) is 6.42 Å². The van der Waals surface area contributed by atoms with Crippen LogP contribution in [0, 0.1) is 0 Å². The molecule has 1 aliphatic heterocycles. The van der Waals surface area contributed by atoms with E-state index in [1.54, 1.807) is 0 Å². The molecule has 0 N–H and O–H groups in total. The number of hydrogen-bond acceptors (Lipinski definition) is 3. The van der Waals surface area contributed by atoms with Gasteiger partial charge in [-0.15, -0.1) is 0 Å². The Morgan fingerprint density at radius 2 is 2.50 bits per heavy atom. The molecule has 1 aliphatic rings. The summed E-state index contributed by atoms with van der Waals surface area (Å²) in [7, 11) is -0.414. The largest absolute Gasteiger partial charge is 0.337 e. The Hall–Kier alpha value is -0.660. The lowest BCUT2D eigenvalue weighted by Gasteiger charge is -2.22. The van der Waals surface area contributed by atoms with Crippen molar-refractivity contribution in [3.8, 4) is 0 Å². The SMILES string of the molecule is CCCP1OCCN1c1ccccn1. The van der Waals surface area contributed by atoms with Gasteiger partial charge >= 0.3 is 0 Å². The summed E-state index contributed by atoms with van der Waals surface area (Å²) in [6.07, 6.45) is 4.16. The van der Waals surface area contributed by atoms with Crippen molar-refractivity contribution in [2.24, 2.45) is 0 Å². The van der Waals surface area contributed by atoms with Gasteiger partial charge in [-0.25, -0.2) is 4.98 Å². The van der Waals surface area contributed by atoms with Crippen molar-refractivity contribution >= 4 is 14.1 Å². The van der Waals surface area contributed by atoms with Gasteiger partial charge in [0.25, 0.3) is 0 Å². The zero-order chi connectivity index (χ0) is 9.80. The average molecular weight is 210 g/mol. The van der Waals surface area contributed by atoms with Gasteiger partial charge in [0.05, 0.1) is 6.61 Å². The van der Waals surface area contributed by atoms with Crippen LogP contribution in [-0.2, 0) is 4.52 Å². The Morgan fingerprint density at radius 1 is 1.57 bits per heavy atom. The summed E-state index contributed by atoms with van der Waals surface area (Å²) in [5.41, 5.74) is 0. The van der Waals surface area contributed by atoms with E-state index in [0.717, 1.165) is 25.1 Å². The second kappa shape index (κ2) is 4.72. The third kappa shape index (κ3) is 2.05. The highest BCUT2D eigenvalue weighted by Crippen LogP contribution is 2.47. The van der Waals surface area contributed by atoms with Crippen LogP contribution in [0.1, 0.15) is 13.3 Å². The van der Waals surface area contributed by atoms with Crippen LogP contribution in [0.15, 0.2) is 24.4 Å². The smallest absolute Gasteiger partial charge is 0.133 e. The minimum Gasteiger partial charge on any atom is -0.337 e. The fraction of sp³-hybridized carbons (Fsp3) is 0.500. The molecule has 1 fully saturated rings. The Balaban J connectivity index is 2.10. The minimum atomic E-state index is -0.414. The lowest BCUT2D eigenvalue weighted by molar-refractivity contribution is 0.398. The molecule has 0 spiro atoms. The summed E-state index contributed by atoms with van der Waals surface area (Å²) in [4.78, 5) is 4.36. The molecule has 1 unspecified atom stereocenters. The number of nitrogens with zero attached hydrogens (tertiary/aromatic N) is 2. The van der Waals surface area contributed by atoms with Crippen molar-refractivity contribution in [1.82, 2.24) is 4.98 Å². The second-order valence-electron chi connectivity index (χ2n) is 3.22. The van der Waals surface area contributed by atoms with Crippen molar-refractivity contribution in [1.29, 1.82) is 0 Å². The van der Waals surface area contributed by atoms with Gasteiger partial charge in [0.1, 0.15) is 14.1 Å². The van der Waals surface area contributed by atoms with Crippen LogP contribution < -0.4 is 4.67 Å². The van der Waals surface area contributed by atoms with Crippen LogP contribution in [0.3, 0.4) is 0 Å². The highest BCUT2D eigenvalue weighted by molar-refractivity contribution is 7.54. The molecule has 0 radical (unpaired) electrons. The van der Waals surface area contributed by atoms with Crippen molar-refractivity contribution in [2.75, 3.05) is 24.0 Å². The van der Waals surface area contributed by atoms with Crippen LogP contribution in [-0.4, -0.2) is 24.3 Å². The zero-order valence-corrected chi connectivity index (χ0v) is 9.28. The molecule has 0 saturated carbocycles. The summed E-state index contributed by atoms with van der Waals surface area (Å²) in [6.45, 7) is 4.03. The molecule has 1 aromatic heterocycles. The molecular weight excluding hydrogens is 195 g/mol. The van der Waals surface area contributed by atoms with E-state index in [0.29, 0.717) is 0 Å². The van der Waals surface area contributed by atoms with E-state index >= 15 is 0 Å². The summed E-state index contributed by atoms with van der Waals surface area (Å²) >= 11 is 0. The maximum absolute atomic E-state index is 5.71. The molecule has 2 heterocycles. The van der Waals surface area contributed by atoms with E-state index < -0.39 is 8.30 Å². The van der Waals surface area contributed by atoms with Gasteiger partial charge in [-0.3, -0.25) is 0 Å². The first-order chi connectivity index (χ1) is 6.92. The molecule has 14 heavy (non-hydrogen) atoms. The van der Waals surface area contributed by atoms with E-state index in [2.05, 4.69) is 22.6 Å². The molecule has 0 aromatic carbocycles. The van der Waals surface area contributed by atoms with E-state index in [1.807, 2.05) is 18.3 Å². The number of anilines is 1. The van der Waals surface area contributed by atoms with Gasteiger partial charge in [0.15, 0.2) is 0 Å². The summed E-state index contributed by atoms with van der Waals surface area (Å²) in [6, 6.07) is 6.03. The van der Waals surface area contributed by atoms with Crippen molar-refractivity contribution in [2.45, 2.75) is 13.3 Å². The standard InChI is InChI=1S/C10H15N2OP/c1-2-9-14-12(7-8-13-14)10-5-3-4-6-11-10/h3-6H,2,7-9H2,1H3. The highest BCUT2D eigenvalue weighted by atomic mass is 31.2. The number of pyridine rings is 1. The maximum atomic E-state index is 5.71. The fourth-order valence-electron chi connectivity index (χ4n) is 1.53. The molecule has 2 rings (SSSR count). The van der Waals surface area contributed by atoms with Crippen LogP contribution in [0.25, 0.3) is 0 Å². The van der Waals surface area contributed by atoms with Gasteiger partial charge in [-0.2, -0.15) is 0 Å². The summed E-state index contributed by atoms with van der Waals surface area (Å²) in [5, 5.41) is 0. The van der Waals surface area contributed by atoms with Crippen LogP contribution in [0.4, 0.5) is 5.82 Å². The monoisotopic (exact) mass is 210 g/mol. The van der Waals surface area contributed by atoms with Gasteiger partial charge in [0, 0.05) is 18.9 Å². The third-order valence-corrected chi connectivity index (χ3v) is 4.40. The predicted octanol–water partition coefficient (Wildman–Crippen LogP) is 2.64. The molecule has 0 bridgehead atoms. The van der Waals surface area contributed by atoms with Crippen LogP contribution >= 0.6 is 8.30 Å². The lowest BCUT2D eigenvalue weighted by Crippen LogP contribution is -2.14. The maximum Gasteiger partial charge on any atom is 0.133 e. The molecular formula is C10H15N2OP.